The van der Waals surface area contributed by atoms with E-state index in [4.69, 9.17) is 0 Å². The summed E-state index contributed by atoms with van der Waals surface area (Å²) in [6, 6.07) is 3.54. The van der Waals surface area contributed by atoms with E-state index < -0.39 is 0 Å². The molecule has 6 nitrogen and oxygen atoms in total. The number of amides is 2. The molecule has 0 saturated carbocycles. The van der Waals surface area contributed by atoms with E-state index in [1.54, 1.807) is 24.9 Å². The van der Waals surface area contributed by atoms with Crippen LogP contribution in [0, 0.1) is 0 Å². The highest BCUT2D eigenvalue weighted by atomic mass is 16.2. The van der Waals surface area contributed by atoms with Gasteiger partial charge in [0.1, 0.15) is 0 Å². The average molecular weight is 273 g/mol. The molecule has 2 aromatic rings. The summed E-state index contributed by atoms with van der Waals surface area (Å²) in [4.78, 5) is 19.9. The number of urea groups is 1. The fourth-order valence-corrected chi connectivity index (χ4v) is 1.93. The number of rotatable bonds is 5. The fourth-order valence-electron chi connectivity index (χ4n) is 1.93. The summed E-state index contributed by atoms with van der Waals surface area (Å²) >= 11 is 0. The molecule has 2 aromatic heterocycles. The number of pyridine rings is 1. The summed E-state index contributed by atoms with van der Waals surface area (Å²) in [5.41, 5.74) is 0.977. The Bertz CT molecular complexity index is 526. The first kappa shape index (κ1) is 14.0. The van der Waals surface area contributed by atoms with Crippen LogP contribution in [0.4, 0.5) is 4.79 Å². The molecule has 0 aliphatic carbocycles. The first-order chi connectivity index (χ1) is 9.65. The Morgan fingerprint density at radius 3 is 2.80 bits per heavy atom. The minimum atomic E-state index is -0.186. The predicted octanol–water partition coefficient (Wildman–Crippen LogP) is 1.73. The molecule has 2 amide bonds. The number of nitrogens with one attached hydrogen (secondary N) is 2. The Balaban J connectivity index is 1.80. The minimum absolute atomic E-state index is 0.0188. The molecular formula is C14H19N5O. The number of hydrogen-bond donors (Lipinski definition) is 2. The Kier molecular flexibility index (Phi) is 4.70. The molecule has 0 radical (unpaired) electrons. The lowest BCUT2D eigenvalue weighted by Gasteiger charge is -2.18. The van der Waals surface area contributed by atoms with Crippen LogP contribution < -0.4 is 10.6 Å². The van der Waals surface area contributed by atoms with Crippen LogP contribution in [0.2, 0.25) is 0 Å². The number of carbonyl (C=O) groups is 1. The zero-order valence-electron chi connectivity index (χ0n) is 11.7. The van der Waals surface area contributed by atoms with Gasteiger partial charge in [-0.1, -0.05) is 6.07 Å². The van der Waals surface area contributed by atoms with Crippen LogP contribution in [-0.2, 0) is 6.54 Å². The van der Waals surface area contributed by atoms with E-state index in [1.807, 2.05) is 36.7 Å². The molecular weight excluding hydrogens is 254 g/mol. The molecule has 0 bridgehead atoms. The van der Waals surface area contributed by atoms with Crippen molar-refractivity contribution >= 4 is 6.03 Å². The van der Waals surface area contributed by atoms with Crippen molar-refractivity contribution in [1.82, 2.24) is 25.2 Å². The summed E-state index contributed by atoms with van der Waals surface area (Å²) in [5, 5.41) is 5.79. The number of imidazole rings is 1. The molecule has 0 aliphatic heterocycles. The van der Waals surface area contributed by atoms with Crippen molar-refractivity contribution in [2.45, 2.75) is 32.5 Å². The lowest BCUT2D eigenvalue weighted by molar-refractivity contribution is 0.233. The van der Waals surface area contributed by atoms with Crippen molar-refractivity contribution in [3.63, 3.8) is 0 Å². The van der Waals surface area contributed by atoms with E-state index in [9.17, 15) is 4.79 Å². The van der Waals surface area contributed by atoms with E-state index >= 15 is 0 Å². The number of hydrogen-bond acceptors (Lipinski definition) is 3. The van der Waals surface area contributed by atoms with Gasteiger partial charge in [0, 0.05) is 37.4 Å². The van der Waals surface area contributed by atoms with Gasteiger partial charge in [0.05, 0.1) is 12.4 Å². The second kappa shape index (κ2) is 6.70. The van der Waals surface area contributed by atoms with Gasteiger partial charge in [-0.15, -0.1) is 0 Å². The summed E-state index contributed by atoms with van der Waals surface area (Å²) in [6.07, 6.45) is 8.78. The molecule has 6 heteroatoms. The van der Waals surface area contributed by atoms with Gasteiger partial charge in [-0.2, -0.15) is 0 Å². The molecule has 0 unspecified atom stereocenters. The van der Waals surface area contributed by atoms with Crippen molar-refractivity contribution in [2.24, 2.45) is 0 Å². The summed E-state index contributed by atoms with van der Waals surface area (Å²) in [6.45, 7) is 4.57. The van der Waals surface area contributed by atoms with Crippen molar-refractivity contribution in [1.29, 1.82) is 0 Å². The Morgan fingerprint density at radius 2 is 2.15 bits per heavy atom. The van der Waals surface area contributed by atoms with Gasteiger partial charge in [-0.05, 0) is 25.5 Å². The van der Waals surface area contributed by atoms with Crippen LogP contribution in [0.25, 0.3) is 0 Å². The van der Waals surface area contributed by atoms with Crippen molar-refractivity contribution < 1.29 is 4.79 Å². The molecule has 0 aliphatic rings. The van der Waals surface area contributed by atoms with Gasteiger partial charge < -0.3 is 15.2 Å². The maximum Gasteiger partial charge on any atom is 0.315 e. The van der Waals surface area contributed by atoms with Gasteiger partial charge >= 0.3 is 6.03 Å². The third-order valence-electron chi connectivity index (χ3n) is 2.95. The molecule has 0 fully saturated rings. The summed E-state index contributed by atoms with van der Waals surface area (Å²) < 4.78 is 1.93. The number of nitrogens with zero attached hydrogens (tertiary/aromatic N) is 3. The highest BCUT2D eigenvalue weighted by Gasteiger charge is 2.11. The molecule has 106 valence electrons. The summed E-state index contributed by atoms with van der Waals surface area (Å²) in [7, 11) is 0. The third-order valence-corrected chi connectivity index (χ3v) is 2.95. The second-order valence-electron chi connectivity index (χ2n) is 4.79. The number of carbonyl (C=O) groups excluding carboxylic acids is 1. The van der Waals surface area contributed by atoms with Crippen LogP contribution >= 0.6 is 0 Å². The van der Waals surface area contributed by atoms with Crippen molar-refractivity contribution in [3.8, 4) is 0 Å². The Labute approximate surface area is 118 Å². The van der Waals surface area contributed by atoms with Crippen LogP contribution in [0.1, 0.15) is 25.5 Å². The largest absolute Gasteiger partial charge is 0.335 e. The third kappa shape index (κ3) is 4.08. The average Bonchev–Trinajstić information content (AvgIpc) is 2.92. The van der Waals surface area contributed by atoms with Crippen LogP contribution in [0.5, 0.6) is 0 Å². The molecule has 2 rings (SSSR count). The molecule has 20 heavy (non-hydrogen) atoms. The van der Waals surface area contributed by atoms with Gasteiger partial charge in [0.2, 0.25) is 0 Å². The molecule has 0 spiro atoms. The molecule has 0 saturated heterocycles. The van der Waals surface area contributed by atoms with E-state index in [2.05, 4.69) is 20.6 Å². The zero-order chi connectivity index (χ0) is 14.4. The van der Waals surface area contributed by atoms with Gasteiger partial charge in [-0.25, -0.2) is 9.78 Å². The molecule has 2 N–H and O–H groups in total. The lowest BCUT2D eigenvalue weighted by atomic mass is 10.1. The van der Waals surface area contributed by atoms with E-state index in [1.165, 1.54) is 0 Å². The predicted molar refractivity (Wildman–Crippen MR) is 76.0 cm³/mol. The first-order valence-corrected chi connectivity index (χ1v) is 6.58. The van der Waals surface area contributed by atoms with Gasteiger partial charge in [0.25, 0.3) is 0 Å². The molecule has 2 heterocycles. The van der Waals surface area contributed by atoms with Gasteiger partial charge in [0.15, 0.2) is 0 Å². The quantitative estimate of drug-likeness (QED) is 0.871. The molecule has 0 aromatic carbocycles. The smallest absolute Gasteiger partial charge is 0.315 e. The van der Waals surface area contributed by atoms with Crippen LogP contribution in [0.15, 0.2) is 43.2 Å². The monoisotopic (exact) mass is 273 g/mol. The van der Waals surface area contributed by atoms with E-state index in [0.717, 1.165) is 5.56 Å². The first-order valence-electron chi connectivity index (χ1n) is 6.58. The second-order valence-corrected chi connectivity index (χ2v) is 4.79. The van der Waals surface area contributed by atoms with Crippen LogP contribution in [0.3, 0.4) is 0 Å². The zero-order valence-corrected chi connectivity index (χ0v) is 11.7. The highest BCUT2D eigenvalue weighted by molar-refractivity contribution is 5.74. The topological polar surface area (TPSA) is 71.8 Å². The number of aromatic nitrogens is 3. The normalized spacial score (nSPS) is 13.5. The SMILES string of the molecule is C[C@H](Cn1ccnc1)NC(=O)N[C@@H](C)c1cccnc1. The molecule has 2 atom stereocenters. The standard InChI is InChI=1S/C14H19N5O/c1-11(9-19-7-6-16-10-19)17-14(20)18-12(2)13-4-3-5-15-8-13/h3-8,10-12H,9H2,1-2H3,(H2,17,18,20)/t11-,12+/m1/s1. The van der Waals surface area contributed by atoms with Gasteiger partial charge in [-0.3, -0.25) is 4.98 Å². The van der Waals surface area contributed by atoms with Crippen molar-refractivity contribution in [3.05, 3.63) is 48.8 Å². The van der Waals surface area contributed by atoms with Crippen LogP contribution in [-0.4, -0.2) is 26.6 Å². The Hall–Kier alpha value is -2.37. The minimum Gasteiger partial charge on any atom is -0.335 e. The maximum atomic E-state index is 11.9. The van der Waals surface area contributed by atoms with E-state index in [0.29, 0.717) is 6.54 Å². The maximum absolute atomic E-state index is 11.9. The van der Waals surface area contributed by atoms with E-state index in [-0.39, 0.29) is 18.1 Å². The summed E-state index contributed by atoms with van der Waals surface area (Å²) in [5.74, 6) is 0. The Morgan fingerprint density at radius 1 is 1.30 bits per heavy atom. The fraction of sp³-hybridized carbons (Fsp3) is 0.357. The van der Waals surface area contributed by atoms with Crippen molar-refractivity contribution in [2.75, 3.05) is 0 Å². The highest BCUT2D eigenvalue weighted by Crippen LogP contribution is 2.09. The lowest BCUT2D eigenvalue weighted by Crippen LogP contribution is -2.43.